The number of carbonyl (C=O) groups excluding carboxylic acids is 1. The van der Waals surface area contributed by atoms with Gasteiger partial charge in [-0.2, -0.15) is 0 Å². The zero-order chi connectivity index (χ0) is 10.9. The molecule has 2 heterocycles. The zero-order valence-electron chi connectivity index (χ0n) is 9.58. The van der Waals surface area contributed by atoms with E-state index in [4.69, 9.17) is 4.74 Å². The maximum Gasteiger partial charge on any atom is 0.228 e. The fraction of sp³-hybridized carbons (Fsp3) is 0.909. The van der Waals surface area contributed by atoms with E-state index in [1.807, 2.05) is 4.90 Å². The Hall–Kier alpha value is -0.610. The quantitative estimate of drug-likeness (QED) is 0.676. The van der Waals surface area contributed by atoms with Crippen LogP contribution in [0.4, 0.5) is 0 Å². The molecule has 0 bridgehead atoms. The van der Waals surface area contributed by atoms with Crippen molar-refractivity contribution >= 4 is 5.91 Å². The lowest BCUT2D eigenvalue weighted by atomic mass is 9.96. The number of ether oxygens (including phenoxy) is 1. The van der Waals surface area contributed by atoms with Gasteiger partial charge in [-0.1, -0.05) is 0 Å². The summed E-state index contributed by atoms with van der Waals surface area (Å²) < 4.78 is 5.27. The second-order valence-corrected chi connectivity index (χ2v) is 5.04. The maximum absolute atomic E-state index is 12.2. The highest BCUT2D eigenvalue weighted by Crippen LogP contribution is 2.22. The molecule has 4 heteroatoms. The van der Waals surface area contributed by atoms with Crippen molar-refractivity contribution in [3.05, 3.63) is 0 Å². The minimum atomic E-state index is -0.0576. The molecule has 0 radical (unpaired) electrons. The van der Waals surface area contributed by atoms with Crippen LogP contribution in [0.5, 0.6) is 0 Å². The summed E-state index contributed by atoms with van der Waals surface area (Å²) in [6.45, 7) is 8.19. The first-order valence-corrected chi connectivity index (χ1v) is 5.71. The summed E-state index contributed by atoms with van der Waals surface area (Å²) in [5.74, 6) is 0.376. The standard InChI is InChI=1S/C11H20N2O2/c1-11(2)8-12-4-5-13(11)10(14)9-3-6-15-7-9/h9,12H,3-8H2,1-2H3. The highest BCUT2D eigenvalue weighted by Gasteiger charge is 2.37. The summed E-state index contributed by atoms with van der Waals surface area (Å²) in [5.41, 5.74) is -0.0576. The van der Waals surface area contributed by atoms with E-state index in [1.165, 1.54) is 0 Å². The Morgan fingerprint density at radius 3 is 2.93 bits per heavy atom. The van der Waals surface area contributed by atoms with Gasteiger partial charge in [-0.15, -0.1) is 0 Å². The molecule has 2 rings (SSSR count). The predicted octanol–water partition coefficient (Wildman–Crippen LogP) is 0.233. The lowest BCUT2D eigenvalue weighted by Gasteiger charge is -2.43. The van der Waals surface area contributed by atoms with Gasteiger partial charge in [-0.25, -0.2) is 0 Å². The van der Waals surface area contributed by atoms with Gasteiger partial charge in [0, 0.05) is 31.8 Å². The maximum atomic E-state index is 12.2. The number of rotatable bonds is 1. The second-order valence-electron chi connectivity index (χ2n) is 5.04. The summed E-state index contributed by atoms with van der Waals surface area (Å²) in [5, 5.41) is 3.33. The van der Waals surface area contributed by atoms with Crippen molar-refractivity contribution in [2.75, 3.05) is 32.8 Å². The molecule has 0 aliphatic carbocycles. The van der Waals surface area contributed by atoms with E-state index in [2.05, 4.69) is 19.2 Å². The number of nitrogens with zero attached hydrogens (tertiary/aromatic N) is 1. The third kappa shape index (κ3) is 2.16. The molecule has 0 aromatic carbocycles. The summed E-state index contributed by atoms with van der Waals surface area (Å²) in [6.07, 6.45) is 0.888. The lowest BCUT2D eigenvalue weighted by Crippen LogP contribution is -2.61. The molecule has 1 unspecified atom stereocenters. The Morgan fingerprint density at radius 1 is 1.53 bits per heavy atom. The zero-order valence-corrected chi connectivity index (χ0v) is 9.58. The smallest absolute Gasteiger partial charge is 0.228 e. The van der Waals surface area contributed by atoms with E-state index >= 15 is 0 Å². The van der Waals surface area contributed by atoms with Crippen LogP contribution in [0.1, 0.15) is 20.3 Å². The fourth-order valence-corrected chi connectivity index (χ4v) is 2.34. The normalized spacial score (nSPS) is 30.5. The highest BCUT2D eigenvalue weighted by atomic mass is 16.5. The van der Waals surface area contributed by atoms with Crippen LogP contribution < -0.4 is 5.32 Å². The average molecular weight is 212 g/mol. The first-order chi connectivity index (χ1) is 7.11. The SMILES string of the molecule is CC1(C)CNCCN1C(=O)C1CCOC1. The van der Waals surface area contributed by atoms with Gasteiger partial charge >= 0.3 is 0 Å². The molecular weight excluding hydrogens is 192 g/mol. The van der Waals surface area contributed by atoms with Gasteiger partial charge in [-0.05, 0) is 20.3 Å². The van der Waals surface area contributed by atoms with E-state index in [-0.39, 0.29) is 17.4 Å². The van der Waals surface area contributed by atoms with E-state index in [0.29, 0.717) is 6.61 Å². The topological polar surface area (TPSA) is 41.6 Å². The second kappa shape index (κ2) is 4.10. The fourth-order valence-electron chi connectivity index (χ4n) is 2.34. The van der Waals surface area contributed by atoms with Crippen molar-refractivity contribution in [3.8, 4) is 0 Å². The van der Waals surface area contributed by atoms with Crippen molar-refractivity contribution in [3.63, 3.8) is 0 Å². The van der Waals surface area contributed by atoms with Crippen LogP contribution in [-0.2, 0) is 9.53 Å². The van der Waals surface area contributed by atoms with Crippen LogP contribution in [0, 0.1) is 5.92 Å². The third-order valence-corrected chi connectivity index (χ3v) is 3.35. The van der Waals surface area contributed by atoms with Gasteiger partial charge < -0.3 is 15.0 Å². The number of amides is 1. The predicted molar refractivity (Wildman–Crippen MR) is 57.6 cm³/mol. The van der Waals surface area contributed by atoms with Crippen molar-refractivity contribution in [2.24, 2.45) is 5.92 Å². The summed E-state index contributed by atoms with van der Waals surface area (Å²) in [4.78, 5) is 14.3. The van der Waals surface area contributed by atoms with E-state index in [0.717, 1.165) is 32.7 Å². The van der Waals surface area contributed by atoms with Crippen LogP contribution in [0.25, 0.3) is 0 Å². The summed E-state index contributed by atoms with van der Waals surface area (Å²) >= 11 is 0. The highest BCUT2D eigenvalue weighted by molar-refractivity contribution is 5.80. The van der Waals surface area contributed by atoms with Gasteiger partial charge in [0.05, 0.1) is 12.5 Å². The lowest BCUT2D eigenvalue weighted by molar-refractivity contribution is -0.142. The molecule has 2 fully saturated rings. The van der Waals surface area contributed by atoms with Crippen LogP contribution >= 0.6 is 0 Å². The molecule has 0 aromatic heterocycles. The van der Waals surface area contributed by atoms with Gasteiger partial charge in [0.2, 0.25) is 5.91 Å². The largest absolute Gasteiger partial charge is 0.381 e. The molecule has 4 nitrogen and oxygen atoms in total. The molecule has 2 aliphatic heterocycles. The molecule has 15 heavy (non-hydrogen) atoms. The minimum absolute atomic E-state index is 0.0576. The molecule has 1 N–H and O–H groups in total. The van der Waals surface area contributed by atoms with Gasteiger partial charge in [0.25, 0.3) is 0 Å². The van der Waals surface area contributed by atoms with E-state index in [1.54, 1.807) is 0 Å². The molecule has 2 saturated heterocycles. The Morgan fingerprint density at radius 2 is 2.33 bits per heavy atom. The van der Waals surface area contributed by atoms with Crippen LogP contribution in [-0.4, -0.2) is 49.2 Å². The van der Waals surface area contributed by atoms with Gasteiger partial charge in [-0.3, -0.25) is 4.79 Å². The molecule has 0 saturated carbocycles. The molecule has 0 aromatic rings. The first kappa shape index (κ1) is 10.9. The number of hydrogen-bond acceptors (Lipinski definition) is 3. The van der Waals surface area contributed by atoms with Crippen molar-refractivity contribution < 1.29 is 9.53 Å². The molecule has 2 aliphatic rings. The molecule has 1 atom stereocenters. The molecule has 86 valence electrons. The average Bonchev–Trinajstić information content (AvgIpc) is 2.69. The molecule has 0 spiro atoms. The third-order valence-electron chi connectivity index (χ3n) is 3.35. The Kier molecular flexibility index (Phi) is 2.98. The monoisotopic (exact) mass is 212 g/mol. The van der Waals surface area contributed by atoms with Crippen LogP contribution in [0.3, 0.4) is 0 Å². The van der Waals surface area contributed by atoms with E-state index in [9.17, 15) is 4.79 Å². The number of hydrogen-bond donors (Lipinski definition) is 1. The Bertz CT molecular complexity index is 247. The number of carbonyl (C=O) groups is 1. The first-order valence-electron chi connectivity index (χ1n) is 5.71. The van der Waals surface area contributed by atoms with Crippen molar-refractivity contribution in [2.45, 2.75) is 25.8 Å². The van der Waals surface area contributed by atoms with E-state index < -0.39 is 0 Å². The van der Waals surface area contributed by atoms with Gasteiger partial charge in [0.15, 0.2) is 0 Å². The summed E-state index contributed by atoms with van der Waals surface area (Å²) in [7, 11) is 0. The molecular formula is C11H20N2O2. The number of nitrogens with one attached hydrogen (secondary N) is 1. The van der Waals surface area contributed by atoms with Crippen molar-refractivity contribution in [1.82, 2.24) is 10.2 Å². The minimum Gasteiger partial charge on any atom is -0.381 e. The Balaban J connectivity index is 2.04. The van der Waals surface area contributed by atoms with Gasteiger partial charge in [0.1, 0.15) is 0 Å². The van der Waals surface area contributed by atoms with Crippen LogP contribution in [0.15, 0.2) is 0 Å². The number of piperazine rings is 1. The molecule has 1 amide bonds. The van der Waals surface area contributed by atoms with Crippen LogP contribution in [0.2, 0.25) is 0 Å². The van der Waals surface area contributed by atoms with Crippen molar-refractivity contribution in [1.29, 1.82) is 0 Å². The summed E-state index contributed by atoms with van der Waals surface area (Å²) in [6, 6.07) is 0. The Labute approximate surface area is 91.0 Å².